The number of aryl methyl sites for hydroxylation is 4. The fourth-order valence-corrected chi connectivity index (χ4v) is 2.71. The third-order valence-corrected chi connectivity index (χ3v) is 4.25. The Labute approximate surface area is 156 Å². The summed E-state index contributed by atoms with van der Waals surface area (Å²) in [6.07, 6.45) is 0.903. The van der Waals surface area contributed by atoms with Crippen LogP contribution in [0.1, 0.15) is 27.9 Å². The van der Waals surface area contributed by atoms with Gasteiger partial charge in [-0.25, -0.2) is 9.49 Å². The molecule has 0 unspecified atom stereocenters. The summed E-state index contributed by atoms with van der Waals surface area (Å²) in [5.74, 6) is 0.123. The van der Waals surface area contributed by atoms with E-state index in [1.807, 2.05) is 6.07 Å². The van der Waals surface area contributed by atoms with Crippen LogP contribution in [0.2, 0.25) is 0 Å². The number of nitrogens with zero attached hydrogens (tertiary/aromatic N) is 2. The molecule has 0 saturated heterocycles. The number of rotatable bonds is 5. The molecule has 3 rings (SSSR count). The van der Waals surface area contributed by atoms with E-state index in [1.54, 1.807) is 56.3 Å². The molecule has 2 aromatic carbocycles. The maximum atomic E-state index is 15.0. The minimum Gasteiger partial charge on any atom is -0.454 e. The normalized spacial score (nSPS) is 10.4. The van der Waals surface area contributed by atoms with Gasteiger partial charge in [-0.15, -0.1) is 0 Å². The standard InChI is InChI=1S/C21H18FN3O2/c1-13-6-7-16(8-9-17-10-14(2)21(26)25-24-17)19(22)20(13)27-18-5-3-4-15(11-18)12-23/h3-7,10-11H,8-9H2,1-2H3,(H,25,26). The van der Waals surface area contributed by atoms with Gasteiger partial charge in [-0.2, -0.15) is 10.4 Å². The van der Waals surface area contributed by atoms with E-state index in [-0.39, 0.29) is 11.3 Å². The van der Waals surface area contributed by atoms with Crippen molar-refractivity contribution in [2.24, 2.45) is 0 Å². The van der Waals surface area contributed by atoms with Crippen LogP contribution < -0.4 is 10.3 Å². The molecule has 5 nitrogen and oxygen atoms in total. The molecule has 0 saturated carbocycles. The summed E-state index contributed by atoms with van der Waals surface area (Å²) < 4.78 is 20.7. The van der Waals surface area contributed by atoms with E-state index in [0.717, 1.165) is 0 Å². The van der Waals surface area contributed by atoms with E-state index < -0.39 is 5.82 Å². The molecule has 0 aliphatic rings. The first-order valence-corrected chi connectivity index (χ1v) is 8.49. The van der Waals surface area contributed by atoms with E-state index in [0.29, 0.717) is 46.5 Å². The largest absolute Gasteiger partial charge is 0.454 e. The van der Waals surface area contributed by atoms with Gasteiger partial charge in [0.25, 0.3) is 5.56 Å². The summed E-state index contributed by atoms with van der Waals surface area (Å²) in [5.41, 5.74) is 2.65. The predicted octanol–water partition coefficient (Wildman–Crippen LogP) is 3.98. The summed E-state index contributed by atoms with van der Waals surface area (Å²) in [4.78, 5) is 11.4. The molecule has 0 amide bonds. The van der Waals surface area contributed by atoms with Crippen molar-refractivity contribution >= 4 is 0 Å². The number of hydrogen-bond donors (Lipinski definition) is 1. The Morgan fingerprint density at radius 2 is 1.96 bits per heavy atom. The highest BCUT2D eigenvalue weighted by Gasteiger charge is 2.14. The molecular weight excluding hydrogens is 345 g/mol. The Kier molecular flexibility index (Phi) is 5.32. The van der Waals surface area contributed by atoms with E-state index >= 15 is 0 Å². The zero-order valence-electron chi connectivity index (χ0n) is 15.0. The van der Waals surface area contributed by atoms with Crippen LogP contribution in [0.4, 0.5) is 4.39 Å². The maximum absolute atomic E-state index is 15.0. The lowest BCUT2D eigenvalue weighted by molar-refractivity contribution is 0.434. The van der Waals surface area contributed by atoms with Crippen molar-refractivity contribution in [2.45, 2.75) is 26.7 Å². The lowest BCUT2D eigenvalue weighted by atomic mass is 10.0. The topological polar surface area (TPSA) is 78.8 Å². The highest BCUT2D eigenvalue weighted by atomic mass is 19.1. The number of benzene rings is 2. The van der Waals surface area contributed by atoms with Crippen LogP contribution in [0.3, 0.4) is 0 Å². The van der Waals surface area contributed by atoms with E-state index in [4.69, 9.17) is 10.00 Å². The second-order valence-electron chi connectivity index (χ2n) is 6.30. The number of ether oxygens (including phenoxy) is 1. The summed E-state index contributed by atoms with van der Waals surface area (Å²) in [5, 5.41) is 15.4. The number of halogens is 1. The average Bonchev–Trinajstić information content (AvgIpc) is 2.67. The Balaban J connectivity index is 1.83. The summed E-state index contributed by atoms with van der Waals surface area (Å²) >= 11 is 0. The van der Waals surface area contributed by atoms with Crippen LogP contribution in [0.5, 0.6) is 11.5 Å². The van der Waals surface area contributed by atoms with Gasteiger partial charge < -0.3 is 4.74 Å². The van der Waals surface area contributed by atoms with Crippen molar-refractivity contribution in [3.63, 3.8) is 0 Å². The molecule has 6 heteroatoms. The maximum Gasteiger partial charge on any atom is 0.267 e. The van der Waals surface area contributed by atoms with Crippen LogP contribution in [-0.4, -0.2) is 10.2 Å². The molecule has 0 atom stereocenters. The molecule has 136 valence electrons. The number of aromatic amines is 1. The Bertz CT molecular complexity index is 1080. The zero-order chi connectivity index (χ0) is 19.4. The first-order valence-electron chi connectivity index (χ1n) is 8.49. The van der Waals surface area contributed by atoms with Crippen LogP contribution in [-0.2, 0) is 12.8 Å². The summed E-state index contributed by atoms with van der Waals surface area (Å²) in [6, 6.07) is 13.9. The van der Waals surface area contributed by atoms with Gasteiger partial charge in [0, 0.05) is 5.56 Å². The van der Waals surface area contributed by atoms with E-state index in [1.165, 1.54) is 0 Å². The van der Waals surface area contributed by atoms with Crippen molar-refractivity contribution in [3.8, 4) is 17.6 Å². The predicted molar refractivity (Wildman–Crippen MR) is 99.4 cm³/mol. The molecule has 0 spiro atoms. The van der Waals surface area contributed by atoms with Crippen LogP contribution in [0.25, 0.3) is 0 Å². The first-order chi connectivity index (χ1) is 13.0. The molecule has 0 aliphatic carbocycles. The Morgan fingerprint density at radius 1 is 1.15 bits per heavy atom. The molecule has 0 fully saturated rings. The van der Waals surface area contributed by atoms with Crippen LogP contribution in [0.15, 0.2) is 47.3 Å². The summed E-state index contributed by atoms with van der Waals surface area (Å²) in [7, 11) is 0. The lowest BCUT2D eigenvalue weighted by Crippen LogP contribution is -2.13. The van der Waals surface area contributed by atoms with Crippen LogP contribution in [0, 0.1) is 31.0 Å². The SMILES string of the molecule is Cc1ccc(CCc2cc(C)c(=O)[nH]n2)c(F)c1Oc1cccc(C#N)c1. The van der Waals surface area contributed by atoms with Gasteiger partial charge in [0.15, 0.2) is 11.6 Å². The fourth-order valence-electron chi connectivity index (χ4n) is 2.71. The number of H-pyrrole nitrogens is 1. The average molecular weight is 363 g/mol. The molecular formula is C21H18FN3O2. The van der Waals surface area contributed by atoms with Crippen molar-refractivity contribution in [3.05, 3.63) is 86.6 Å². The smallest absolute Gasteiger partial charge is 0.267 e. The Hall–Kier alpha value is -3.46. The lowest BCUT2D eigenvalue weighted by Gasteiger charge is -2.13. The highest BCUT2D eigenvalue weighted by molar-refractivity contribution is 5.44. The molecule has 0 radical (unpaired) electrons. The number of nitriles is 1. The van der Waals surface area contributed by atoms with Gasteiger partial charge in [-0.1, -0.05) is 18.2 Å². The quantitative estimate of drug-likeness (QED) is 0.744. The van der Waals surface area contributed by atoms with E-state index in [9.17, 15) is 9.18 Å². The van der Waals surface area contributed by atoms with Crippen molar-refractivity contribution in [1.82, 2.24) is 10.2 Å². The highest BCUT2D eigenvalue weighted by Crippen LogP contribution is 2.31. The van der Waals surface area contributed by atoms with Gasteiger partial charge in [0.1, 0.15) is 5.75 Å². The second-order valence-corrected chi connectivity index (χ2v) is 6.30. The van der Waals surface area contributed by atoms with Crippen molar-refractivity contribution < 1.29 is 9.13 Å². The number of hydrogen-bond acceptors (Lipinski definition) is 4. The van der Waals surface area contributed by atoms with Crippen molar-refractivity contribution in [1.29, 1.82) is 5.26 Å². The van der Waals surface area contributed by atoms with Gasteiger partial charge in [0.2, 0.25) is 0 Å². The van der Waals surface area contributed by atoms with Crippen molar-refractivity contribution in [2.75, 3.05) is 0 Å². The first kappa shape index (κ1) is 18.3. The third kappa shape index (κ3) is 4.21. The summed E-state index contributed by atoms with van der Waals surface area (Å²) in [6.45, 7) is 3.47. The number of aromatic nitrogens is 2. The zero-order valence-corrected chi connectivity index (χ0v) is 15.0. The van der Waals surface area contributed by atoms with Crippen LogP contribution >= 0.6 is 0 Å². The minimum atomic E-state index is -0.432. The molecule has 1 heterocycles. The second kappa shape index (κ2) is 7.83. The van der Waals surface area contributed by atoms with Gasteiger partial charge >= 0.3 is 0 Å². The minimum absolute atomic E-state index is 0.146. The van der Waals surface area contributed by atoms with Gasteiger partial charge in [-0.3, -0.25) is 4.79 Å². The molecule has 0 aliphatic heterocycles. The Morgan fingerprint density at radius 3 is 2.70 bits per heavy atom. The molecule has 3 aromatic rings. The molecule has 0 bridgehead atoms. The molecule has 1 aromatic heterocycles. The van der Waals surface area contributed by atoms with Gasteiger partial charge in [0.05, 0.1) is 17.3 Å². The molecule has 27 heavy (non-hydrogen) atoms. The third-order valence-electron chi connectivity index (χ3n) is 4.25. The number of nitrogens with one attached hydrogen (secondary N) is 1. The molecule has 1 N–H and O–H groups in total. The monoisotopic (exact) mass is 363 g/mol. The van der Waals surface area contributed by atoms with E-state index in [2.05, 4.69) is 10.2 Å². The fraction of sp³-hybridized carbons (Fsp3) is 0.190. The van der Waals surface area contributed by atoms with Gasteiger partial charge in [-0.05, 0) is 62.1 Å².